The molecule has 0 aliphatic rings. The van der Waals surface area contributed by atoms with Crippen LogP contribution in [0.5, 0.6) is 0 Å². The topological polar surface area (TPSA) is 77.0 Å². The molecule has 3 aromatic rings. The van der Waals surface area contributed by atoms with Crippen molar-refractivity contribution in [2.24, 2.45) is 5.73 Å². The second-order valence-corrected chi connectivity index (χ2v) is 6.20. The normalized spacial score (nSPS) is 10.3. The van der Waals surface area contributed by atoms with E-state index < -0.39 is 0 Å². The molecular formula is C20H24ClN5O. The number of nitrogens with two attached hydrogens (primary N) is 1. The van der Waals surface area contributed by atoms with E-state index in [0.29, 0.717) is 25.2 Å². The summed E-state index contributed by atoms with van der Waals surface area (Å²) in [5, 5.41) is 4.15. The molecule has 0 atom stereocenters. The van der Waals surface area contributed by atoms with Gasteiger partial charge in [0.1, 0.15) is 12.7 Å². The minimum atomic E-state index is 0. The van der Waals surface area contributed by atoms with Crippen LogP contribution in [0, 0.1) is 6.92 Å². The maximum Gasteiger partial charge on any atom is 0.254 e. The highest BCUT2D eigenvalue weighted by atomic mass is 35.5. The van der Waals surface area contributed by atoms with Crippen LogP contribution in [0.15, 0.2) is 61.2 Å². The summed E-state index contributed by atoms with van der Waals surface area (Å²) in [4.78, 5) is 18.9. The van der Waals surface area contributed by atoms with E-state index in [2.05, 4.69) is 10.1 Å². The fourth-order valence-corrected chi connectivity index (χ4v) is 2.90. The maximum atomic E-state index is 13.1. The first-order valence-electron chi connectivity index (χ1n) is 8.68. The molecule has 1 heterocycles. The summed E-state index contributed by atoms with van der Waals surface area (Å²) in [6, 6.07) is 15.6. The van der Waals surface area contributed by atoms with Crippen molar-refractivity contribution in [3.05, 3.63) is 77.9 Å². The lowest BCUT2D eigenvalue weighted by atomic mass is 10.1. The van der Waals surface area contributed by atoms with Crippen LogP contribution in [0.2, 0.25) is 0 Å². The predicted octanol–water partition coefficient (Wildman–Crippen LogP) is 2.99. The van der Waals surface area contributed by atoms with E-state index in [0.717, 1.165) is 23.2 Å². The number of aryl methyl sites for hydroxylation is 1. The summed E-state index contributed by atoms with van der Waals surface area (Å²) in [7, 11) is 0. The predicted molar refractivity (Wildman–Crippen MR) is 108 cm³/mol. The fourth-order valence-electron chi connectivity index (χ4n) is 2.90. The molecule has 0 aliphatic heterocycles. The second-order valence-electron chi connectivity index (χ2n) is 6.20. The Morgan fingerprint density at radius 1 is 1.19 bits per heavy atom. The summed E-state index contributed by atoms with van der Waals surface area (Å²) in [5.74, 6) is 0.00976. The van der Waals surface area contributed by atoms with Crippen LogP contribution in [-0.4, -0.2) is 38.7 Å². The Labute approximate surface area is 165 Å². The summed E-state index contributed by atoms with van der Waals surface area (Å²) in [5.41, 5.74) is 9.31. The second kappa shape index (κ2) is 9.85. The monoisotopic (exact) mass is 385 g/mol. The van der Waals surface area contributed by atoms with Gasteiger partial charge in [-0.15, -0.1) is 12.4 Å². The largest absolute Gasteiger partial charge is 0.334 e. The summed E-state index contributed by atoms with van der Waals surface area (Å²) < 4.78 is 1.69. The average Bonchev–Trinajstić information content (AvgIpc) is 3.19. The average molecular weight is 386 g/mol. The molecule has 2 N–H and O–H groups in total. The van der Waals surface area contributed by atoms with E-state index in [1.54, 1.807) is 11.0 Å². The molecule has 0 radical (unpaired) electrons. The molecule has 1 amide bonds. The first-order chi connectivity index (χ1) is 12.7. The third-order valence-electron chi connectivity index (χ3n) is 4.24. The lowest BCUT2D eigenvalue weighted by Crippen LogP contribution is -2.32. The molecule has 0 saturated carbocycles. The minimum Gasteiger partial charge on any atom is -0.334 e. The van der Waals surface area contributed by atoms with Gasteiger partial charge < -0.3 is 10.6 Å². The van der Waals surface area contributed by atoms with Gasteiger partial charge in [-0.3, -0.25) is 4.79 Å². The Morgan fingerprint density at radius 3 is 2.59 bits per heavy atom. The van der Waals surface area contributed by atoms with E-state index >= 15 is 0 Å². The summed E-state index contributed by atoms with van der Waals surface area (Å²) >= 11 is 0. The Hall–Kier alpha value is -2.70. The van der Waals surface area contributed by atoms with Gasteiger partial charge in [0.2, 0.25) is 0 Å². The SMILES string of the molecule is Cc1cc(C(=O)N(CCCN)Cc2ccccc2)ccc1-n1cncn1.Cl. The number of hydrogen-bond acceptors (Lipinski definition) is 4. The van der Waals surface area contributed by atoms with Crippen molar-refractivity contribution < 1.29 is 4.79 Å². The maximum absolute atomic E-state index is 13.1. The van der Waals surface area contributed by atoms with E-state index in [-0.39, 0.29) is 18.3 Å². The van der Waals surface area contributed by atoms with E-state index in [4.69, 9.17) is 5.73 Å². The van der Waals surface area contributed by atoms with Crippen molar-refractivity contribution in [3.63, 3.8) is 0 Å². The third kappa shape index (κ3) is 5.15. The Bertz CT molecular complexity index is 852. The number of hydrogen-bond donors (Lipinski definition) is 1. The van der Waals surface area contributed by atoms with Gasteiger partial charge in [0.15, 0.2) is 0 Å². The van der Waals surface area contributed by atoms with Crippen molar-refractivity contribution in [1.29, 1.82) is 0 Å². The number of nitrogens with zero attached hydrogens (tertiary/aromatic N) is 4. The van der Waals surface area contributed by atoms with Gasteiger partial charge in [-0.1, -0.05) is 30.3 Å². The molecule has 3 rings (SSSR count). The molecule has 2 aromatic carbocycles. The van der Waals surface area contributed by atoms with Crippen molar-refractivity contribution >= 4 is 18.3 Å². The number of aromatic nitrogens is 3. The van der Waals surface area contributed by atoms with Crippen LogP contribution in [0.4, 0.5) is 0 Å². The number of benzene rings is 2. The molecule has 0 unspecified atom stereocenters. The van der Waals surface area contributed by atoms with Gasteiger partial charge in [-0.25, -0.2) is 9.67 Å². The van der Waals surface area contributed by atoms with E-state index in [1.807, 2.05) is 60.4 Å². The molecule has 0 saturated heterocycles. The Kier molecular flexibility index (Phi) is 7.52. The van der Waals surface area contributed by atoms with Gasteiger partial charge in [0, 0.05) is 18.7 Å². The molecule has 27 heavy (non-hydrogen) atoms. The number of amides is 1. The lowest BCUT2D eigenvalue weighted by molar-refractivity contribution is 0.0742. The smallest absolute Gasteiger partial charge is 0.254 e. The van der Waals surface area contributed by atoms with Gasteiger partial charge in [-0.2, -0.15) is 5.10 Å². The number of halogens is 1. The highest BCUT2D eigenvalue weighted by Crippen LogP contribution is 2.17. The van der Waals surface area contributed by atoms with Gasteiger partial charge in [-0.05, 0) is 49.2 Å². The standard InChI is InChI=1S/C20H23N5O.ClH/c1-16-12-18(8-9-19(16)25-15-22-14-23-25)20(26)24(11-5-10-21)13-17-6-3-2-4-7-17;/h2-4,6-9,12,14-15H,5,10-11,13,21H2,1H3;1H. The van der Waals surface area contributed by atoms with Crippen LogP contribution in [0.3, 0.4) is 0 Å². The third-order valence-corrected chi connectivity index (χ3v) is 4.24. The van der Waals surface area contributed by atoms with Crippen molar-refractivity contribution in [1.82, 2.24) is 19.7 Å². The van der Waals surface area contributed by atoms with Crippen LogP contribution >= 0.6 is 12.4 Å². The Morgan fingerprint density at radius 2 is 1.96 bits per heavy atom. The van der Waals surface area contributed by atoms with Crippen LogP contribution in [-0.2, 0) is 6.54 Å². The van der Waals surface area contributed by atoms with E-state index in [9.17, 15) is 4.79 Å². The molecule has 1 aromatic heterocycles. The van der Waals surface area contributed by atoms with Crippen LogP contribution in [0.25, 0.3) is 5.69 Å². The van der Waals surface area contributed by atoms with Crippen LogP contribution < -0.4 is 5.73 Å². The molecule has 0 aliphatic carbocycles. The first kappa shape index (κ1) is 20.6. The first-order valence-corrected chi connectivity index (χ1v) is 8.68. The molecule has 0 spiro atoms. The highest BCUT2D eigenvalue weighted by molar-refractivity contribution is 5.94. The molecule has 6 nitrogen and oxygen atoms in total. The van der Waals surface area contributed by atoms with Gasteiger partial charge >= 0.3 is 0 Å². The number of carbonyl (C=O) groups is 1. The van der Waals surface area contributed by atoms with E-state index in [1.165, 1.54) is 6.33 Å². The zero-order chi connectivity index (χ0) is 18.4. The fraction of sp³-hybridized carbons (Fsp3) is 0.250. The highest BCUT2D eigenvalue weighted by Gasteiger charge is 2.17. The molecule has 0 fully saturated rings. The number of rotatable bonds is 7. The van der Waals surface area contributed by atoms with Crippen molar-refractivity contribution in [2.75, 3.05) is 13.1 Å². The van der Waals surface area contributed by atoms with Gasteiger partial charge in [0.05, 0.1) is 5.69 Å². The number of carbonyl (C=O) groups excluding carboxylic acids is 1. The molecule has 7 heteroatoms. The Balaban J connectivity index is 0.00000261. The molecule has 0 bridgehead atoms. The zero-order valence-electron chi connectivity index (χ0n) is 15.3. The molecule has 142 valence electrons. The summed E-state index contributed by atoms with van der Waals surface area (Å²) in [6.07, 6.45) is 3.91. The van der Waals surface area contributed by atoms with Crippen LogP contribution in [0.1, 0.15) is 27.9 Å². The lowest BCUT2D eigenvalue weighted by Gasteiger charge is -2.23. The van der Waals surface area contributed by atoms with Crippen molar-refractivity contribution in [2.45, 2.75) is 19.9 Å². The van der Waals surface area contributed by atoms with Gasteiger partial charge in [0.25, 0.3) is 5.91 Å². The minimum absolute atomic E-state index is 0. The quantitative estimate of drug-likeness (QED) is 0.678. The molecular weight excluding hydrogens is 362 g/mol. The zero-order valence-corrected chi connectivity index (χ0v) is 16.1. The van der Waals surface area contributed by atoms with Crippen molar-refractivity contribution in [3.8, 4) is 5.69 Å². The summed E-state index contributed by atoms with van der Waals surface area (Å²) in [6.45, 7) is 3.73.